The van der Waals surface area contributed by atoms with Gasteiger partial charge in [-0.1, -0.05) is 121 Å². The standard InChI is InChI=1S/C53H27N7/c1-55-48-42(30-13-4-2-5-14-30)40(29-54)49(60-52-46-38(24-27-57-52)34-19-10-11-20-35(34)39-25-28-58-53(60)47(39)46)43(31-15-6-3-7-16-31)50(48)59-41-22-12-21-36-32-17-8-9-18-33(32)37-23-26-56-51(59)45(37)44(36)41/h2-28H. The van der Waals surface area contributed by atoms with Crippen LogP contribution in [0.1, 0.15) is 5.56 Å². The number of hydrogen-bond donors (Lipinski definition) is 0. The number of nitriles is 1. The van der Waals surface area contributed by atoms with Crippen LogP contribution in [0.4, 0.5) is 5.69 Å². The number of rotatable bonds is 4. The van der Waals surface area contributed by atoms with Crippen LogP contribution in [-0.4, -0.2) is 24.1 Å². The summed E-state index contributed by atoms with van der Waals surface area (Å²) in [5.41, 5.74) is 7.82. The van der Waals surface area contributed by atoms with Gasteiger partial charge in [0.1, 0.15) is 23.0 Å². The zero-order valence-corrected chi connectivity index (χ0v) is 31.7. The summed E-state index contributed by atoms with van der Waals surface area (Å²) in [6.07, 6.45) is 5.57. The van der Waals surface area contributed by atoms with E-state index in [1.807, 2.05) is 67.1 Å². The predicted octanol–water partition coefficient (Wildman–Crippen LogP) is 13.3. The Morgan fingerprint density at radius 2 is 0.867 bits per heavy atom. The molecule has 7 heteroatoms. The first-order chi connectivity index (χ1) is 29.8. The van der Waals surface area contributed by atoms with E-state index in [0.717, 1.165) is 86.9 Å². The third-order valence-corrected chi connectivity index (χ3v) is 12.4. The average Bonchev–Trinajstić information content (AvgIpc) is 3.84. The topological polar surface area (TPSA) is 76.7 Å². The monoisotopic (exact) mass is 761 g/mol. The normalized spacial score (nSPS) is 12.0. The molecule has 0 saturated heterocycles. The Bertz CT molecular complexity index is 3620. The van der Waals surface area contributed by atoms with Gasteiger partial charge in [0.15, 0.2) is 0 Å². The van der Waals surface area contributed by atoms with Crippen LogP contribution in [0.25, 0.3) is 126 Å². The molecule has 5 aromatic heterocycles. The summed E-state index contributed by atoms with van der Waals surface area (Å²) in [6, 6.07) is 52.2. The molecule has 0 spiro atoms. The summed E-state index contributed by atoms with van der Waals surface area (Å²) in [7, 11) is 0. The van der Waals surface area contributed by atoms with Crippen LogP contribution in [0.3, 0.4) is 0 Å². The van der Waals surface area contributed by atoms with E-state index in [4.69, 9.17) is 21.5 Å². The van der Waals surface area contributed by atoms with Gasteiger partial charge in [-0.25, -0.2) is 19.8 Å². The molecule has 274 valence electrons. The van der Waals surface area contributed by atoms with Gasteiger partial charge in [-0.05, 0) is 78.5 Å². The van der Waals surface area contributed by atoms with Crippen LogP contribution in [0, 0.1) is 17.9 Å². The smallest absolute Gasteiger partial charge is 0.220 e. The second kappa shape index (κ2) is 11.9. The summed E-state index contributed by atoms with van der Waals surface area (Å²) >= 11 is 0. The minimum atomic E-state index is 0.355. The average molecular weight is 762 g/mol. The number of benzene rings is 8. The molecule has 0 aliphatic heterocycles. The highest BCUT2D eigenvalue weighted by Crippen LogP contribution is 2.53. The third kappa shape index (κ3) is 4.02. The lowest BCUT2D eigenvalue weighted by Crippen LogP contribution is -2.09. The summed E-state index contributed by atoms with van der Waals surface area (Å²) < 4.78 is 4.26. The van der Waals surface area contributed by atoms with E-state index in [9.17, 15) is 5.26 Å². The van der Waals surface area contributed by atoms with E-state index >= 15 is 0 Å². The SMILES string of the molecule is [C-]#[N+]c1c(-c2ccccc2)c(C#N)c(-n2c3nccc4c5ccccc5c5ccnc2c5c43)c(-c2ccccc2)c1-n1c2cccc3c4ccccc4c4ccnc1c4c32. The maximum atomic E-state index is 11.7. The lowest BCUT2D eigenvalue weighted by atomic mass is 9.89. The quantitative estimate of drug-likeness (QED) is 0.132. The second-order valence-corrected chi connectivity index (χ2v) is 15.3. The van der Waals surface area contributed by atoms with Crippen LogP contribution in [0.2, 0.25) is 0 Å². The fourth-order valence-electron chi connectivity index (χ4n) is 10.2. The maximum Gasteiger partial charge on any atom is 0.220 e. The summed E-state index contributed by atoms with van der Waals surface area (Å²) in [6.45, 7) is 9.12. The van der Waals surface area contributed by atoms with Gasteiger partial charge >= 0.3 is 0 Å². The first-order valence-corrected chi connectivity index (χ1v) is 19.8. The Balaban J connectivity index is 1.33. The molecule has 0 aliphatic carbocycles. The van der Waals surface area contributed by atoms with Gasteiger partial charge in [-0.15, -0.1) is 0 Å². The van der Waals surface area contributed by atoms with Gasteiger partial charge in [0.2, 0.25) is 5.69 Å². The minimum absolute atomic E-state index is 0.355. The summed E-state index contributed by atoms with van der Waals surface area (Å²) in [4.78, 5) is 19.9. The fraction of sp³-hybridized carbons (Fsp3) is 0. The molecular weight excluding hydrogens is 735 g/mol. The number of hydrogen-bond acceptors (Lipinski definition) is 4. The second-order valence-electron chi connectivity index (χ2n) is 15.3. The van der Waals surface area contributed by atoms with Gasteiger partial charge in [-0.3, -0.25) is 4.57 Å². The van der Waals surface area contributed by atoms with Gasteiger partial charge in [0.25, 0.3) is 0 Å². The molecule has 7 nitrogen and oxygen atoms in total. The molecule has 8 aromatic carbocycles. The largest absolute Gasteiger partial charge is 0.303 e. The predicted molar refractivity (Wildman–Crippen MR) is 243 cm³/mol. The van der Waals surface area contributed by atoms with Crippen LogP contribution in [-0.2, 0) is 0 Å². The molecule has 0 atom stereocenters. The number of nitrogens with zero attached hydrogens (tertiary/aromatic N) is 7. The number of fused-ring (bicyclic) bond motifs is 6. The van der Waals surface area contributed by atoms with Crippen molar-refractivity contribution in [2.24, 2.45) is 0 Å². The maximum absolute atomic E-state index is 11.7. The van der Waals surface area contributed by atoms with Crippen LogP contribution >= 0.6 is 0 Å². The van der Waals surface area contributed by atoms with Gasteiger partial charge < -0.3 is 4.57 Å². The van der Waals surface area contributed by atoms with Crippen molar-refractivity contribution in [3.63, 3.8) is 0 Å². The Labute approximate surface area is 341 Å². The highest BCUT2D eigenvalue weighted by atomic mass is 15.1. The van der Waals surface area contributed by atoms with Crippen molar-refractivity contribution in [2.45, 2.75) is 0 Å². The molecule has 0 unspecified atom stereocenters. The van der Waals surface area contributed by atoms with E-state index in [1.165, 1.54) is 0 Å². The van der Waals surface area contributed by atoms with Crippen molar-refractivity contribution >= 4 is 92.8 Å². The summed E-state index contributed by atoms with van der Waals surface area (Å²) in [5.74, 6) is 0. The van der Waals surface area contributed by atoms with E-state index < -0.39 is 0 Å². The fourth-order valence-corrected chi connectivity index (χ4v) is 10.2. The van der Waals surface area contributed by atoms with E-state index in [1.54, 1.807) is 0 Å². The van der Waals surface area contributed by atoms with Crippen LogP contribution in [0.15, 0.2) is 164 Å². The van der Waals surface area contributed by atoms with Gasteiger partial charge in [0, 0.05) is 51.3 Å². The van der Waals surface area contributed by atoms with E-state index in [0.29, 0.717) is 45.0 Å². The van der Waals surface area contributed by atoms with Gasteiger partial charge in [-0.2, -0.15) is 5.26 Å². The number of pyridine rings is 3. The molecule has 13 aromatic rings. The van der Waals surface area contributed by atoms with Crippen LogP contribution < -0.4 is 0 Å². The van der Waals surface area contributed by atoms with Gasteiger partial charge in [0.05, 0.1) is 29.0 Å². The van der Waals surface area contributed by atoms with Crippen molar-refractivity contribution < 1.29 is 0 Å². The first-order valence-electron chi connectivity index (χ1n) is 19.8. The Kier molecular flexibility index (Phi) is 6.45. The minimum Gasteiger partial charge on any atom is -0.303 e. The Morgan fingerprint density at radius 3 is 1.37 bits per heavy atom. The summed E-state index contributed by atoms with van der Waals surface area (Å²) in [5, 5.41) is 24.6. The van der Waals surface area contributed by atoms with E-state index in [-0.39, 0.29) is 0 Å². The molecule has 13 rings (SSSR count). The lowest BCUT2D eigenvalue weighted by molar-refractivity contribution is 1.08. The van der Waals surface area contributed by atoms with E-state index in [2.05, 4.69) is 117 Å². The molecule has 0 amide bonds. The molecule has 0 saturated carbocycles. The molecule has 60 heavy (non-hydrogen) atoms. The highest BCUT2D eigenvalue weighted by molar-refractivity contribution is 6.35. The van der Waals surface area contributed by atoms with Crippen LogP contribution in [0.5, 0.6) is 0 Å². The van der Waals surface area contributed by atoms with Crippen molar-refractivity contribution in [2.75, 3.05) is 0 Å². The molecule has 0 fully saturated rings. The zero-order chi connectivity index (χ0) is 39.6. The van der Waals surface area contributed by atoms with Crippen molar-refractivity contribution in [3.05, 3.63) is 181 Å². The highest BCUT2D eigenvalue weighted by Gasteiger charge is 2.33. The molecule has 0 radical (unpaired) electrons. The van der Waals surface area contributed by atoms with Crippen molar-refractivity contribution in [1.82, 2.24) is 24.1 Å². The molecule has 0 bridgehead atoms. The molecule has 5 heterocycles. The first kappa shape index (κ1) is 32.4. The molecule has 0 aliphatic rings. The lowest BCUT2D eigenvalue weighted by Gasteiger charge is -2.25. The molecular formula is C53H27N7. The molecule has 0 N–H and O–H groups in total. The van der Waals surface area contributed by atoms with Crippen molar-refractivity contribution in [1.29, 1.82) is 5.26 Å². The Hall–Kier alpha value is -8.65. The third-order valence-electron chi connectivity index (χ3n) is 12.4. The Morgan fingerprint density at radius 1 is 0.433 bits per heavy atom. The number of aromatic nitrogens is 5. The zero-order valence-electron chi connectivity index (χ0n) is 31.7. The van der Waals surface area contributed by atoms with Crippen molar-refractivity contribution in [3.8, 4) is 39.7 Å².